The van der Waals surface area contributed by atoms with Gasteiger partial charge in [-0.3, -0.25) is 4.79 Å². The van der Waals surface area contributed by atoms with Gasteiger partial charge in [-0.2, -0.15) is 0 Å². The number of epoxide rings is 1. The Hall–Kier alpha value is -1.13. The maximum atomic E-state index is 10.4. The molecule has 1 heterocycles. The lowest BCUT2D eigenvalue weighted by Crippen LogP contribution is -2.49. The molecule has 16 heavy (non-hydrogen) atoms. The van der Waals surface area contributed by atoms with E-state index in [4.69, 9.17) is 4.74 Å². The highest BCUT2D eigenvalue weighted by Crippen LogP contribution is 2.26. The molecule has 0 unspecified atom stereocenters. The fraction of sp³-hybridized carbons (Fsp3) is 0.583. The Morgan fingerprint density at radius 1 is 1.50 bits per heavy atom. The quantitative estimate of drug-likeness (QED) is 0.282. The van der Waals surface area contributed by atoms with Gasteiger partial charge in [0.1, 0.15) is 6.10 Å². The number of hydrogen-bond donors (Lipinski definition) is 2. The molecule has 0 bridgehead atoms. The Morgan fingerprint density at radius 3 is 2.81 bits per heavy atom. The van der Waals surface area contributed by atoms with Crippen molar-refractivity contribution < 1.29 is 14.6 Å². The predicted molar refractivity (Wildman–Crippen MR) is 61.7 cm³/mol. The summed E-state index contributed by atoms with van der Waals surface area (Å²) in [5.41, 5.74) is -1.20. The van der Waals surface area contributed by atoms with Crippen LogP contribution in [-0.2, 0) is 9.53 Å². The van der Waals surface area contributed by atoms with Crippen molar-refractivity contribution in [1.29, 1.82) is 0 Å². The number of hydrogen-bond acceptors (Lipinski definition) is 3. The Kier molecular flexibility index (Phi) is 5.22. The van der Waals surface area contributed by atoms with Crippen molar-refractivity contribution in [2.75, 3.05) is 6.61 Å². The fourth-order valence-corrected chi connectivity index (χ4v) is 1.48. The van der Waals surface area contributed by atoms with Gasteiger partial charge in [-0.05, 0) is 19.8 Å². The third-order valence-corrected chi connectivity index (χ3v) is 2.54. The van der Waals surface area contributed by atoms with Crippen LogP contribution >= 0.6 is 0 Å². The van der Waals surface area contributed by atoms with Gasteiger partial charge in [0.25, 0.3) is 0 Å². The first-order valence-corrected chi connectivity index (χ1v) is 5.54. The van der Waals surface area contributed by atoms with E-state index in [9.17, 15) is 9.90 Å². The smallest absolute Gasteiger partial charge is 0.209 e. The first-order chi connectivity index (χ1) is 7.73. The van der Waals surface area contributed by atoms with E-state index >= 15 is 0 Å². The van der Waals surface area contributed by atoms with E-state index in [0.29, 0.717) is 19.4 Å². The van der Waals surface area contributed by atoms with Gasteiger partial charge in [-0.1, -0.05) is 24.3 Å². The summed E-state index contributed by atoms with van der Waals surface area (Å²) in [6, 6.07) is 0. The molecule has 1 aliphatic heterocycles. The van der Waals surface area contributed by atoms with Crippen molar-refractivity contribution in [2.45, 2.75) is 38.0 Å². The number of carbonyl (C=O) groups excluding carboxylic acids is 1. The molecule has 1 amide bonds. The number of amides is 1. The third-order valence-electron chi connectivity index (χ3n) is 2.54. The summed E-state index contributed by atoms with van der Waals surface area (Å²) in [6.45, 7) is 2.49. The molecule has 0 aromatic carbocycles. The zero-order chi connectivity index (χ0) is 11.9. The minimum Gasteiger partial charge on any atom is -0.368 e. The highest BCUT2D eigenvalue weighted by Gasteiger charge is 2.44. The minimum atomic E-state index is -1.20. The van der Waals surface area contributed by atoms with Crippen LogP contribution in [0, 0.1) is 0 Å². The van der Waals surface area contributed by atoms with E-state index in [1.807, 2.05) is 25.2 Å². The summed E-state index contributed by atoms with van der Waals surface area (Å²) < 4.78 is 5.02. The van der Waals surface area contributed by atoms with E-state index in [1.165, 1.54) is 0 Å². The molecule has 1 rings (SSSR count). The number of rotatable bonds is 8. The van der Waals surface area contributed by atoms with Crippen LogP contribution in [0.15, 0.2) is 24.3 Å². The molecule has 90 valence electrons. The molecule has 0 aromatic rings. The van der Waals surface area contributed by atoms with Crippen molar-refractivity contribution in [1.82, 2.24) is 5.32 Å². The van der Waals surface area contributed by atoms with Crippen molar-refractivity contribution in [3.63, 3.8) is 0 Å². The second-order valence-electron chi connectivity index (χ2n) is 3.82. The molecule has 0 radical (unpaired) electrons. The van der Waals surface area contributed by atoms with Crippen molar-refractivity contribution in [3.8, 4) is 0 Å². The van der Waals surface area contributed by atoms with E-state index in [2.05, 4.69) is 11.4 Å². The van der Waals surface area contributed by atoms with Crippen LogP contribution in [0.4, 0.5) is 0 Å². The highest BCUT2D eigenvalue weighted by molar-refractivity contribution is 5.47. The normalized spacial score (nSPS) is 23.5. The topological polar surface area (TPSA) is 61.9 Å². The molecular formula is C12H19NO3. The van der Waals surface area contributed by atoms with Gasteiger partial charge >= 0.3 is 0 Å². The largest absolute Gasteiger partial charge is 0.368 e. The summed E-state index contributed by atoms with van der Waals surface area (Å²) >= 11 is 0. The van der Waals surface area contributed by atoms with Crippen molar-refractivity contribution in [3.05, 3.63) is 24.3 Å². The van der Waals surface area contributed by atoms with Gasteiger partial charge < -0.3 is 15.2 Å². The van der Waals surface area contributed by atoms with Gasteiger partial charge in [0.15, 0.2) is 5.72 Å². The molecule has 0 aliphatic carbocycles. The van der Waals surface area contributed by atoms with Crippen LogP contribution in [0.1, 0.15) is 26.2 Å². The van der Waals surface area contributed by atoms with Crippen LogP contribution in [-0.4, -0.2) is 30.0 Å². The summed E-state index contributed by atoms with van der Waals surface area (Å²) in [7, 11) is 0. The first-order valence-electron chi connectivity index (χ1n) is 5.54. The summed E-state index contributed by atoms with van der Waals surface area (Å²) in [4.78, 5) is 10.4. The van der Waals surface area contributed by atoms with Crippen LogP contribution in [0.5, 0.6) is 0 Å². The molecule has 1 fully saturated rings. The molecular weight excluding hydrogens is 206 g/mol. The molecule has 1 aliphatic rings. The van der Waals surface area contributed by atoms with Crippen LogP contribution in [0.2, 0.25) is 0 Å². The molecule has 0 aromatic heterocycles. The Balaban J connectivity index is 2.27. The number of allylic oxidation sites excluding steroid dienone is 4. The highest BCUT2D eigenvalue weighted by atomic mass is 16.6. The summed E-state index contributed by atoms with van der Waals surface area (Å²) in [5.74, 6) is 0. The van der Waals surface area contributed by atoms with Crippen molar-refractivity contribution >= 4 is 6.41 Å². The Morgan fingerprint density at radius 2 is 2.25 bits per heavy atom. The Labute approximate surface area is 96.0 Å². The second-order valence-corrected chi connectivity index (χ2v) is 3.82. The van der Waals surface area contributed by atoms with Crippen LogP contribution in [0.3, 0.4) is 0 Å². The van der Waals surface area contributed by atoms with Gasteiger partial charge in [-0.15, -0.1) is 0 Å². The number of carbonyl (C=O) groups is 1. The average Bonchev–Trinajstić information content (AvgIpc) is 3.07. The molecule has 0 spiro atoms. The van der Waals surface area contributed by atoms with Gasteiger partial charge in [-0.25, -0.2) is 0 Å². The van der Waals surface area contributed by atoms with Crippen LogP contribution < -0.4 is 5.32 Å². The van der Waals surface area contributed by atoms with E-state index in [-0.39, 0.29) is 6.10 Å². The van der Waals surface area contributed by atoms with Crippen molar-refractivity contribution in [2.24, 2.45) is 0 Å². The average molecular weight is 225 g/mol. The Bertz CT molecular complexity index is 271. The third kappa shape index (κ3) is 4.16. The standard InChI is InChI=1S/C12H19NO3/c1-2-3-4-5-6-7-8-12(15,13-10-14)11-9-16-11/h2-3,5-6,10-11,15H,4,7-9H2,1H3,(H,13,14)/b3-2+,6-5+/t11-,12+/m0/s1. The van der Waals surface area contributed by atoms with E-state index < -0.39 is 5.72 Å². The molecule has 0 saturated carbocycles. The lowest BCUT2D eigenvalue weighted by atomic mass is 10.0. The predicted octanol–water partition coefficient (Wildman–Crippen LogP) is 1.12. The number of aliphatic hydroxyl groups is 1. The minimum absolute atomic E-state index is 0.248. The molecule has 2 N–H and O–H groups in total. The van der Waals surface area contributed by atoms with E-state index in [0.717, 1.165) is 12.8 Å². The van der Waals surface area contributed by atoms with Crippen LogP contribution in [0.25, 0.3) is 0 Å². The second kappa shape index (κ2) is 6.45. The lowest BCUT2D eigenvalue weighted by molar-refractivity contribution is -0.118. The maximum absolute atomic E-state index is 10.4. The monoisotopic (exact) mass is 225 g/mol. The zero-order valence-corrected chi connectivity index (χ0v) is 9.56. The summed E-state index contributed by atoms with van der Waals surface area (Å²) in [5, 5.41) is 12.5. The lowest BCUT2D eigenvalue weighted by Gasteiger charge is -2.24. The van der Waals surface area contributed by atoms with Gasteiger partial charge in [0, 0.05) is 6.42 Å². The number of ether oxygens (including phenoxy) is 1. The maximum Gasteiger partial charge on any atom is 0.209 e. The molecule has 4 nitrogen and oxygen atoms in total. The molecule has 4 heteroatoms. The summed E-state index contributed by atoms with van der Waals surface area (Å²) in [6.07, 6.45) is 10.4. The van der Waals surface area contributed by atoms with Gasteiger partial charge in [0.2, 0.25) is 6.41 Å². The number of nitrogens with one attached hydrogen (secondary N) is 1. The van der Waals surface area contributed by atoms with E-state index in [1.54, 1.807) is 0 Å². The SMILES string of the molecule is C/C=C/C/C=C/CC[C@](O)(NC=O)[C@@H]1CO1. The molecule has 2 atom stereocenters. The molecule has 1 saturated heterocycles. The fourth-order valence-electron chi connectivity index (χ4n) is 1.48. The first kappa shape index (κ1) is 12.9. The van der Waals surface area contributed by atoms with Gasteiger partial charge in [0.05, 0.1) is 6.61 Å². The zero-order valence-electron chi connectivity index (χ0n) is 9.56.